The molecule has 1 saturated heterocycles. The van der Waals surface area contributed by atoms with Crippen molar-refractivity contribution in [3.8, 4) is 0 Å². The lowest BCUT2D eigenvalue weighted by atomic mass is 9.57. The van der Waals surface area contributed by atoms with E-state index in [1.165, 1.54) is 18.2 Å². The standard InChI is InChI=1S/C32H44FNO9/c1-6-11-40-28(39)24(34)15-27(38)41-17-25(37)32-26(42-29(2,3)43-32)14-23-19(12-22(36)16-31(23,32)5)7-8-20-13-21(35)9-10-30(20,4)18-33/h6,9-10,13,19,22-24,26,36H,1,7-8,11-12,14-18,34H2,2-5H3/t19-,22-,23+,24?,26-,30-,31+,32-/m1/s1. The van der Waals surface area contributed by atoms with Crippen molar-refractivity contribution >= 4 is 23.5 Å². The molecule has 3 aliphatic carbocycles. The summed E-state index contributed by atoms with van der Waals surface area (Å²) in [6, 6.07) is -1.26. The number of carbonyl (C=O) groups excluding carboxylic acids is 4. The second-order valence-electron chi connectivity index (χ2n) is 13.3. The molecule has 1 heterocycles. The molecule has 2 saturated carbocycles. The molecule has 43 heavy (non-hydrogen) atoms. The van der Waals surface area contributed by atoms with E-state index in [1.54, 1.807) is 26.8 Å². The SMILES string of the molecule is C=CCOC(=O)C(N)CC(=O)OCC(=O)[C@@]12OC(C)(C)O[C@@H]1C[C@H]1[C@H](CCC3=CC(=O)C=C[C@]3(C)CF)C[C@@H](O)C[C@@]12C. The molecular formula is C32H44FNO9. The van der Waals surface area contributed by atoms with Crippen LogP contribution in [-0.4, -0.2) is 78.1 Å². The number of rotatable bonds is 12. The van der Waals surface area contributed by atoms with E-state index < -0.39 is 77.9 Å². The second-order valence-corrected chi connectivity index (χ2v) is 13.3. The van der Waals surface area contributed by atoms with Gasteiger partial charge in [0, 0.05) is 10.8 Å². The Kier molecular flexibility index (Phi) is 9.52. The van der Waals surface area contributed by atoms with Gasteiger partial charge in [-0.15, -0.1) is 0 Å². The first-order chi connectivity index (χ1) is 20.1. The zero-order valence-electron chi connectivity index (χ0n) is 25.4. The fraction of sp³-hybridized carbons (Fsp3) is 0.688. The Morgan fingerprint density at radius 1 is 1.23 bits per heavy atom. The van der Waals surface area contributed by atoms with Gasteiger partial charge in [-0.25, -0.2) is 4.39 Å². The van der Waals surface area contributed by atoms with Crippen LogP contribution in [0.25, 0.3) is 0 Å². The van der Waals surface area contributed by atoms with E-state index in [0.717, 1.165) is 0 Å². The van der Waals surface area contributed by atoms with Crippen LogP contribution in [0.5, 0.6) is 0 Å². The van der Waals surface area contributed by atoms with Crippen molar-refractivity contribution in [2.45, 2.75) is 95.9 Å². The number of ketones is 2. The molecule has 0 spiro atoms. The van der Waals surface area contributed by atoms with Gasteiger partial charge in [0.2, 0.25) is 5.78 Å². The Morgan fingerprint density at radius 2 is 1.95 bits per heavy atom. The van der Waals surface area contributed by atoms with Crippen LogP contribution in [-0.2, 0) is 38.1 Å². The average molecular weight is 606 g/mol. The first-order valence-electron chi connectivity index (χ1n) is 14.9. The fourth-order valence-electron chi connectivity index (χ4n) is 7.75. The number of hydrogen-bond acceptors (Lipinski definition) is 10. The van der Waals surface area contributed by atoms with Crippen molar-refractivity contribution in [3.05, 3.63) is 36.5 Å². The van der Waals surface area contributed by atoms with Gasteiger partial charge in [-0.1, -0.05) is 31.2 Å². The number of esters is 2. The molecule has 238 valence electrons. The molecule has 4 rings (SSSR count). The quantitative estimate of drug-likeness (QED) is 0.251. The van der Waals surface area contributed by atoms with Gasteiger partial charge in [0.1, 0.15) is 19.3 Å². The van der Waals surface area contributed by atoms with Crippen molar-refractivity contribution in [3.63, 3.8) is 0 Å². The molecule has 3 fully saturated rings. The van der Waals surface area contributed by atoms with E-state index in [1.807, 2.05) is 6.92 Å². The normalized spacial score (nSPS) is 36.7. The molecule has 0 bridgehead atoms. The van der Waals surface area contributed by atoms with Crippen LogP contribution in [0.15, 0.2) is 36.5 Å². The van der Waals surface area contributed by atoms with Gasteiger partial charge in [-0.2, -0.15) is 0 Å². The summed E-state index contributed by atoms with van der Waals surface area (Å²) >= 11 is 0. The number of carbonyl (C=O) groups is 4. The minimum absolute atomic E-state index is 0.0500. The Bertz CT molecular complexity index is 1210. The summed E-state index contributed by atoms with van der Waals surface area (Å²) in [7, 11) is 0. The largest absolute Gasteiger partial charge is 0.460 e. The van der Waals surface area contributed by atoms with Crippen molar-refractivity contribution in [2.75, 3.05) is 19.9 Å². The van der Waals surface area contributed by atoms with E-state index in [9.17, 15) is 28.7 Å². The molecule has 8 atom stereocenters. The summed E-state index contributed by atoms with van der Waals surface area (Å²) in [6.45, 7) is 9.25. The number of ether oxygens (including phenoxy) is 4. The van der Waals surface area contributed by atoms with Crippen LogP contribution in [0.1, 0.15) is 66.2 Å². The molecule has 0 aromatic rings. The Hall–Kier alpha value is -2.73. The number of hydrogen-bond donors (Lipinski definition) is 2. The lowest BCUT2D eigenvalue weighted by molar-refractivity contribution is -0.216. The summed E-state index contributed by atoms with van der Waals surface area (Å²) in [5.41, 5.74) is 3.22. The highest BCUT2D eigenvalue weighted by atomic mass is 19.1. The van der Waals surface area contributed by atoms with E-state index in [2.05, 4.69) is 6.58 Å². The highest BCUT2D eigenvalue weighted by Crippen LogP contribution is 2.66. The molecule has 1 unspecified atom stereocenters. The minimum atomic E-state index is -1.50. The van der Waals surface area contributed by atoms with Gasteiger partial charge < -0.3 is 29.8 Å². The van der Waals surface area contributed by atoms with E-state index in [-0.39, 0.29) is 30.6 Å². The smallest absolute Gasteiger partial charge is 0.323 e. The number of Topliss-reactive ketones (excluding diaryl/α,β-unsaturated/α-hetero) is 1. The molecule has 3 N–H and O–H groups in total. The second kappa shape index (κ2) is 12.3. The monoisotopic (exact) mass is 605 g/mol. The number of fused-ring (bicyclic) bond motifs is 3. The predicted molar refractivity (Wildman–Crippen MR) is 153 cm³/mol. The Morgan fingerprint density at radius 3 is 2.63 bits per heavy atom. The van der Waals surface area contributed by atoms with Gasteiger partial charge >= 0.3 is 11.9 Å². The predicted octanol–water partition coefficient (Wildman–Crippen LogP) is 3.05. The van der Waals surface area contributed by atoms with E-state index >= 15 is 0 Å². The number of halogens is 1. The van der Waals surface area contributed by atoms with Crippen LogP contribution >= 0.6 is 0 Å². The third kappa shape index (κ3) is 6.27. The molecule has 0 amide bonds. The molecule has 11 heteroatoms. The number of aliphatic hydroxyl groups excluding tert-OH is 1. The van der Waals surface area contributed by atoms with Crippen molar-refractivity contribution < 1.29 is 47.6 Å². The van der Waals surface area contributed by atoms with Crippen molar-refractivity contribution in [1.29, 1.82) is 0 Å². The van der Waals surface area contributed by atoms with Crippen LogP contribution in [0, 0.1) is 22.7 Å². The topological polar surface area (TPSA) is 151 Å². The maximum absolute atomic E-state index is 14.0. The van der Waals surface area contributed by atoms with Gasteiger partial charge in [-0.3, -0.25) is 19.2 Å². The molecule has 10 nitrogen and oxygen atoms in total. The lowest BCUT2D eigenvalue weighted by Crippen LogP contribution is -2.60. The summed E-state index contributed by atoms with van der Waals surface area (Å²) in [6.07, 6.45) is 6.29. The Labute approximate surface area is 251 Å². The molecule has 0 aromatic heterocycles. The number of alkyl halides is 1. The zero-order valence-corrected chi connectivity index (χ0v) is 25.4. The van der Waals surface area contributed by atoms with Crippen LogP contribution in [0.3, 0.4) is 0 Å². The van der Waals surface area contributed by atoms with E-state index in [4.69, 9.17) is 24.7 Å². The van der Waals surface area contributed by atoms with Crippen LogP contribution < -0.4 is 5.73 Å². The summed E-state index contributed by atoms with van der Waals surface area (Å²) < 4.78 is 36.9. The summed E-state index contributed by atoms with van der Waals surface area (Å²) in [4.78, 5) is 50.6. The highest BCUT2D eigenvalue weighted by molar-refractivity contribution is 6.01. The zero-order chi connectivity index (χ0) is 31.8. The van der Waals surface area contributed by atoms with E-state index in [0.29, 0.717) is 31.3 Å². The molecule has 0 aromatic carbocycles. The molecule has 1 aliphatic heterocycles. The molecular weight excluding hydrogens is 561 g/mol. The first-order valence-corrected chi connectivity index (χ1v) is 14.9. The van der Waals surface area contributed by atoms with Gasteiger partial charge in [-0.05, 0) is 76.9 Å². The Balaban J connectivity index is 1.52. The first kappa shape index (κ1) is 33.2. The fourth-order valence-corrected chi connectivity index (χ4v) is 7.75. The van der Waals surface area contributed by atoms with Gasteiger partial charge in [0.25, 0.3) is 0 Å². The van der Waals surface area contributed by atoms with Gasteiger partial charge in [0.15, 0.2) is 23.8 Å². The maximum atomic E-state index is 14.0. The third-order valence-corrected chi connectivity index (χ3v) is 9.76. The highest BCUT2D eigenvalue weighted by Gasteiger charge is 2.75. The average Bonchev–Trinajstić information content (AvgIpc) is 3.35. The van der Waals surface area contributed by atoms with Crippen molar-refractivity contribution in [2.24, 2.45) is 28.4 Å². The molecule has 0 radical (unpaired) electrons. The van der Waals surface area contributed by atoms with Crippen LogP contribution in [0.2, 0.25) is 0 Å². The number of aliphatic hydroxyl groups is 1. The number of nitrogens with two attached hydrogens (primary N) is 1. The van der Waals surface area contributed by atoms with Crippen molar-refractivity contribution in [1.82, 2.24) is 0 Å². The van der Waals surface area contributed by atoms with Crippen LogP contribution in [0.4, 0.5) is 4.39 Å². The summed E-state index contributed by atoms with van der Waals surface area (Å²) in [5, 5.41) is 11.1. The lowest BCUT2D eigenvalue weighted by Gasteiger charge is -2.51. The molecule has 4 aliphatic rings. The number of allylic oxidation sites excluding steroid dienone is 4. The minimum Gasteiger partial charge on any atom is -0.460 e. The van der Waals surface area contributed by atoms with Gasteiger partial charge in [0.05, 0.1) is 18.6 Å². The maximum Gasteiger partial charge on any atom is 0.323 e. The summed E-state index contributed by atoms with van der Waals surface area (Å²) in [5.74, 6) is -3.57. The third-order valence-electron chi connectivity index (χ3n) is 9.76.